The summed E-state index contributed by atoms with van der Waals surface area (Å²) in [7, 11) is 0. The van der Waals surface area contributed by atoms with Crippen molar-refractivity contribution in [3.8, 4) is 5.88 Å². The fourth-order valence-corrected chi connectivity index (χ4v) is 3.18. The van der Waals surface area contributed by atoms with E-state index in [9.17, 15) is 0 Å². The van der Waals surface area contributed by atoms with Gasteiger partial charge in [-0.3, -0.25) is 4.90 Å². The molecule has 0 N–H and O–H groups in total. The molecule has 0 bridgehead atoms. The van der Waals surface area contributed by atoms with E-state index in [-0.39, 0.29) is 0 Å². The van der Waals surface area contributed by atoms with Gasteiger partial charge in [0.1, 0.15) is 6.61 Å². The lowest BCUT2D eigenvalue weighted by molar-refractivity contribution is 0.217. The highest BCUT2D eigenvalue weighted by atomic mass is 16.5. The van der Waals surface area contributed by atoms with Gasteiger partial charge in [-0.2, -0.15) is 0 Å². The number of aryl methyl sites for hydroxylation is 1. The number of fused-ring (bicyclic) bond motifs is 2. The number of pyridine rings is 1. The quantitative estimate of drug-likeness (QED) is 0.717. The highest BCUT2D eigenvalue weighted by Gasteiger charge is 2.18. The van der Waals surface area contributed by atoms with E-state index in [1.807, 2.05) is 0 Å². The molecule has 3 heteroatoms. The zero-order valence-electron chi connectivity index (χ0n) is 13.3. The van der Waals surface area contributed by atoms with E-state index in [0.29, 0.717) is 6.61 Å². The lowest BCUT2D eigenvalue weighted by Gasteiger charge is -2.19. The van der Waals surface area contributed by atoms with Gasteiger partial charge in [-0.15, -0.1) is 0 Å². The van der Waals surface area contributed by atoms with Crippen LogP contribution in [0.5, 0.6) is 5.88 Å². The predicted octanol–water partition coefficient (Wildman–Crippen LogP) is 3.94. The van der Waals surface area contributed by atoms with E-state index in [1.54, 1.807) is 0 Å². The first-order chi connectivity index (χ1) is 11.3. The molecule has 1 aliphatic rings. The zero-order valence-corrected chi connectivity index (χ0v) is 13.3. The van der Waals surface area contributed by atoms with Crippen molar-refractivity contribution < 1.29 is 4.74 Å². The maximum atomic E-state index is 5.93. The normalized spacial score (nSPS) is 15.0. The minimum absolute atomic E-state index is 0.685. The predicted molar refractivity (Wildman–Crippen MR) is 92.5 cm³/mol. The fraction of sp³-hybridized carbons (Fsp3) is 0.250. The molecule has 23 heavy (non-hydrogen) atoms. The number of ether oxygens (including phenoxy) is 1. The third-order valence-electron chi connectivity index (χ3n) is 4.38. The van der Waals surface area contributed by atoms with Crippen molar-refractivity contribution in [2.24, 2.45) is 0 Å². The molecule has 2 heterocycles. The molecule has 0 unspecified atom stereocenters. The molecule has 0 saturated carbocycles. The second kappa shape index (κ2) is 6.01. The maximum absolute atomic E-state index is 5.93. The summed E-state index contributed by atoms with van der Waals surface area (Å²) < 4.78 is 5.93. The number of nitrogens with zero attached hydrogens (tertiary/aromatic N) is 2. The monoisotopic (exact) mass is 304 g/mol. The van der Waals surface area contributed by atoms with Crippen molar-refractivity contribution in [2.45, 2.75) is 20.0 Å². The summed E-state index contributed by atoms with van der Waals surface area (Å²) >= 11 is 0. The molecule has 0 radical (unpaired) electrons. The molecule has 0 fully saturated rings. The molecule has 1 aliphatic heterocycles. The summed E-state index contributed by atoms with van der Waals surface area (Å²) in [6, 6.07) is 19.1. The van der Waals surface area contributed by atoms with Crippen molar-refractivity contribution in [1.82, 2.24) is 9.88 Å². The van der Waals surface area contributed by atoms with Crippen LogP contribution in [0.15, 0.2) is 54.6 Å². The van der Waals surface area contributed by atoms with E-state index in [2.05, 4.69) is 66.4 Å². The minimum atomic E-state index is 0.685. The highest BCUT2D eigenvalue weighted by Crippen LogP contribution is 2.27. The van der Waals surface area contributed by atoms with Crippen LogP contribution in [0.25, 0.3) is 10.9 Å². The lowest BCUT2D eigenvalue weighted by atomic mass is 10.1. The smallest absolute Gasteiger partial charge is 0.218 e. The first-order valence-corrected chi connectivity index (χ1v) is 8.08. The Hall–Kier alpha value is -2.39. The Morgan fingerprint density at radius 2 is 1.96 bits per heavy atom. The van der Waals surface area contributed by atoms with Gasteiger partial charge in [0, 0.05) is 30.6 Å². The number of rotatable bonds is 2. The van der Waals surface area contributed by atoms with Gasteiger partial charge in [0.2, 0.25) is 5.88 Å². The molecule has 116 valence electrons. The Bertz CT molecular complexity index is 830. The third kappa shape index (κ3) is 2.92. The Morgan fingerprint density at radius 1 is 1.09 bits per heavy atom. The molecule has 1 aromatic heterocycles. The number of para-hydroxylation sites is 1. The van der Waals surface area contributed by atoms with Crippen LogP contribution < -0.4 is 4.74 Å². The van der Waals surface area contributed by atoms with Gasteiger partial charge in [-0.25, -0.2) is 4.98 Å². The van der Waals surface area contributed by atoms with E-state index in [1.165, 1.54) is 22.1 Å². The Labute approximate surface area is 136 Å². The van der Waals surface area contributed by atoms with Crippen LogP contribution in [0.1, 0.15) is 16.7 Å². The molecule has 4 rings (SSSR count). The van der Waals surface area contributed by atoms with Crippen molar-refractivity contribution in [3.63, 3.8) is 0 Å². The largest absolute Gasteiger partial charge is 0.476 e. The van der Waals surface area contributed by atoms with Crippen molar-refractivity contribution in [3.05, 3.63) is 71.3 Å². The van der Waals surface area contributed by atoms with Gasteiger partial charge in [0.25, 0.3) is 0 Å². The van der Waals surface area contributed by atoms with Crippen molar-refractivity contribution in [2.75, 3.05) is 13.2 Å². The molecule has 3 nitrogen and oxygen atoms in total. The van der Waals surface area contributed by atoms with Gasteiger partial charge in [-0.05, 0) is 24.1 Å². The van der Waals surface area contributed by atoms with E-state index < -0.39 is 0 Å². The van der Waals surface area contributed by atoms with Crippen LogP contribution in [0.2, 0.25) is 0 Å². The van der Waals surface area contributed by atoms with Gasteiger partial charge in [0.05, 0.1) is 5.52 Å². The molecule has 0 saturated heterocycles. The van der Waals surface area contributed by atoms with Crippen LogP contribution in [0.3, 0.4) is 0 Å². The van der Waals surface area contributed by atoms with Crippen molar-refractivity contribution in [1.29, 1.82) is 0 Å². The van der Waals surface area contributed by atoms with Crippen LogP contribution in [0, 0.1) is 6.92 Å². The Kier molecular flexibility index (Phi) is 3.72. The SMILES string of the molecule is Cc1cccc2cc3c(nc12)OCCN(Cc1ccccc1)C3. The summed E-state index contributed by atoms with van der Waals surface area (Å²) in [6.07, 6.45) is 0. The average Bonchev–Trinajstić information content (AvgIpc) is 2.76. The van der Waals surface area contributed by atoms with Crippen LogP contribution in [-0.2, 0) is 13.1 Å². The summed E-state index contributed by atoms with van der Waals surface area (Å²) in [5.74, 6) is 0.794. The standard InChI is InChI=1S/C20H20N2O/c1-15-6-5-9-17-12-18-14-22(13-16-7-3-2-4-8-16)10-11-23-20(18)21-19(15)17/h2-9,12H,10-11,13-14H2,1H3. The zero-order chi connectivity index (χ0) is 15.6. The second-order valence-corrected chi connectivity index (χ2v) is 6.14. The Balaban J connectivity index is 1.66. The molecule has 0 atom stereocenters. The third-order valence-corrected chi connectivity index (χ3v) is 4.38. The van der Waals surface area contributed by atoms with E-state index in [4.69, 9.17) is 9.72 Å². The minimum Gasteiger partial charge on any atom is -0.476 e. The molecular formula is C20H20N2O. The van der Waals surface area contributed by atoms with E-state index in [0.717, 1.165) is 31.0 Å². The number of hydrogen-bond donors (Lipinski definition) is 0. The Morgan fingerprint density at radius 3 is 2.83 bits per heavy atom. The van der Waals surface area contributed by atoms with Crippen LogP contribution >= 0.6 is 0 Å². The molecule has 2 aromatic carbocycles. The molecule has 3 aromatic rings. The molecule has 0 aliphatic carbocycles. The first-order valence-electron chi connectivity index (χ1n) is 8.08. The van der Waals surface area contributed by atoms with Crippen LogP contribution in [0.4, 0.5) is 0 Å². The summed E-state index contributed by atoms with van der Waals surface area (Å²) in [5.41, 5.74) is 4.75. The second-order valence-electron chi connectivity index (χ2n) is 6.14. The summed E-state index contributed by atoms with van der Waals surface area (Å²) in [5, 5.41) is 1.19. The topological polar surface area (TPSA) is 25.4 Å². The summed E-state index contributed by atoms with van der Waals surface area (Å²) in [4.78, 5) is 7.19. The number of benzene rings is 2. The van der Waals surface area contributed by atoms with E-state index >= 15 is 0 Å². The average molecular weight is 304 g/mol. The number of aromatic nitrogens is 1. The van der Waals surface area contributed by atoms with Gasteiger partial charge in [-0.1, -0.05) is 48.5 Å². The van der Waals surface area contributed by atoms with Gasteiger partial charge >= 0.3 is 0 Å². The molecular weight excluding hydrogens is 284 g/mol. The number of hydrogen-bond acceptors (Lipinski definition) is 3. The lowest BCUT2D eigenvalue weighted by Crippen LogP contribution is -2.25. The fourth-order valence-electron chi connectivity index (χ4n) is 3.18. The molecule has 0 amide bonds. The van der Waals surface area contributed by atoms with Gasteiger partial charge < -0.3 is 4.74 Å². The maximum Gasteiger partial charge on any atom is 0.218 e. The van der Waals surface area contributed by atoms with Crippen LogP contribution in [-0.4, -0.2) is 23.0 Å². The first kappa shape index (κ1) is 14.2. The summed E-state index contributed by atoms with van der Waals surface area (Å²) in [6.45, 7) is 5.52. The van der Waals surface area contributed by atoms with Gasteiger partial charge in [0.15, 0.2) is 0 Å². The molecule has 0 spiro atoms. The highest BCUT2D eigenvalue weighted by molar-refractivity contribution is 5.83. The van der Waals surface area contributed by atoms with Crippen molar-refractivity contribution >= 4 is 10.9 Å².